The Morgan fingerprint density at radius 1 is 0.400 bits per heavy atom. The van der Waals surface area contributed by atoms with Crippen molar-refractivity contribution in [3.8, 4) is 0 Å². The van der Waals surface area contributed by atoms with Gasteiger partial charge in [0.15, 0.2) is 0 Å². The fourth-order valence-electron chi connectivity index (χ4n) is 0. The van der Waals surface area contributed by atoms with Crippen LogP contribution in [0.4, 0.5) is 0 Å². The molecule has 0 aliphatic carbocycles. The number of hydrogen-bond acceptors (Lipinski definition) is 0. The third-order valence-corrected chi connectivity index (χ3v) is 0. The maximum atomic E-state index is 0. The quantitative estimate of drug-likeness (QED) is 0.466. The summed E-state index contributed by atoms with van der Waals surface area (Å²) in [5.74, 6) is 0. The summed E-state index contributed by atoms with van der Waals surface area (Å²) in [5, 5.41) is 0. The van der Waals surface area contributed by atoms with E-state index in [1.54, 1.807) is 0 Å². The van der Waals surface area contributed by atoms with Crippen molar-refractivity contribution < 1.29 is 98.1 Å². The Kier molecular flexibility index (Phi) is 303. The van der Waals surface area contributed by atoms with E-state index in [1.807, 2.05) is 0 Å². The smallest absolute Gasteiger partial charge is 0 e. The Morgan fingerprint density at radius 2 is 0.400 bits per heavy atom. The minimum Gasteiger partial charge on any atom is -0.412 e. The first-order valence-corrected chi connectivity index (χ1v) is 0. The van der Waals surface area contributed by atoms with Gasteiger partial charge < -0.3 is 16.4 Å². The molecule has 0 aromatic heterocycles. The molecule has 0 rings (SSSR count). The predicted octanol–water partition coefficient (Wildman–Crippen LogP) is -2.47. The van der Waals surface area contributed by atoms with E-state index in [9.17, 15) is 0 Å². The van der Waals surface area contributed by atoms with Gasteiger partial charge in [-0.25, -0.2) is 0 Å². The topological polar surface area (TPSA) is 94.5 Å². The largest absolute Gasteiger partial charge is 0.412 e. The summed E-state index contributed by atoms with van der Waals surface area (Å²) in [4.78, 5) is 0. The van der Waals surface area contributed by atoms with Gasteiger partial charge >= 0.3 is 0 Å². The SMILES string of the molecule is O.O.O.[Nd].[Nd]. The van der Waals surface area contributed by atoms with Crippen LogP contribution in [0, 0.1) is 81.7 Å². The Hall–Kier alpha value is 2.58. The summed E-state index contributed by atoms with van der Waals surface area (Å²) < 4.78 is 0. The van der Waals surface area contributed by atoms with E-state index >= 15 is 0 Å². The van der Waals surface area contributed by atoms with Crippen LogP contribution >= 0.6 is 0 Å². The maximum Gasteiger partial charge on any atom is 0 e. The molecule has 5 heteroatoms. The van der Waals surface area contributed by atoms with E-state index in [0.717, 1.165) is 0 Å². The molecule has 0 amide bonds. The summed E-state index contributed by atoms with van der Waals surface area (Å²) >= 11 is 0. The second kappa shape index (κ2) is 30.8. The third-order valence-electron chi connectivity index (χ3n) is 0. The van der Waals surface area contributed by atoms with Crippen molar-refractivity contribution in [3.05, 3.63) is 0 Å². The molecule has 32 valence electrons. The third kappa shape index (κ3) is 20.7. The Labute approximate surface area is 95.9 Å². The van der Waals surface area contributed by atoms with Crippen molar-refractivity contribution in [1.29, 1.82) is 0 Å². The van der Waals surface area contributed by atoms with E-state index in [-0.39, 0.29) is 98.1 Å². The van der Waals surface area contributed by atoms with Gasteiger partial charge in [0.05, 0.1) is 0 Å². The first-order chi connectivity index (χ1) is 0. The van der Waals surface area contributed by atoms with Crippen LogP contribution in [0.25, 0.3) is 0 Å². The van der Waals surface area contributed by atoms with Crippen LogP contribution < -0.4 is 0 Å². The van der Waals surface area contributed by atoms with Crippen LogP contribution in [-0.2, 0) is 0 Å². The Balaban J connectivity index is 0. The summed E-state index contributed by atoms with van der Waals surface area (Å²) in [7, 11) is 0. The normalized spacial score (nSPS) is 0. The monoisotopic (exact) mass is 338 g/mol. The Morgan fingerprint density at radius 3 is 0.400 bits per heavy atom. The molecule has 3 nitrogen and oxygen atoms in total. The predicted molar refractivity (Wildman–Crippen MR) is 10.8 cm³/mol. The number of hydrogen-bond donors (Lipinski definition) is 0. The van der Waals surface area contributed by atoms with E-state index in [1.165, 1.54) is 0 Å². The number of rotatable bonds is 0. The van der Waals surface area contributed by atoms with Crippen molar-refractivity contribution in [2.24, 2.45) is 0 Å². The summed E-state index contributed by atoms with van der Waals surface area (Å²) in [6.07, 6.45) is 0. The zero-order valence-corrected chi connectivity index (χ0v) is 8.92. The molecule has 0 aromatic rings. The summed E-state index contributed by atoms with van der Waals surface area (Å²) in [5.41, 5.74) is 0. The van der Waals surface area contributed by atoms with Gasteiger partial charge in [-0.1, -0.05) is 0 Å². The molecule has 0 bridgehead atoms. The van der Waals surface area contributed by atoms with Crippen LogP contribution in [0.5, 0.6) is 0 Å². The van der Waals surface area contributed by atoms with Crippen LogP contribution in [0.1, 0.15) is 0 Å². The molecule has 0 fully saturated rings. The molecule has 0 unspecified atom stereocenters. The van der Waals surface area contributed by atoms with Crippen molar-refractivity contribution in [1.82, 2.24) is 0 Å². The summed E-state index contributed by atoms with van der Waals surface area (Å²) in [6, 6.07) is 0. The van der Waals surface area contributed by atoms with E-state index in [4.69, 9.17) is 0 Å². The van der Waals surface area contributed by atoms with Crippen molar-refractivity contribution in [2.45, 2.75) is 0 Å². The molecule has 0 spiro atoms. The minimum atomic E-state index is 0. The second-order valence-electron chi connectivity index (χ2n) is 0. The first-order valence-electron chi connectivity index (χ1n) is 0. The van der Waals surface area contributed by atoms with Crippen molar-refractivity contribution >= 4 is 0 Å². The molecule has 0 aliphatic rings. The molecule has 0 aliphatic heterocycles. The molecule has 0 aromatic carbocycles. The first kappa shape index (κ1) is 49.3. The molecular formula is H6Nd2O3. The Bertz CT molecular complexity index is 4.85. The van der Waals surface area contributed by atoms with Gasteiger partial charge in [-0.2, -0.15) is 0 Å². The van der Waals surface area contributed by atoms with Crippen LogP contribution in [0.3, 0.4) is 0 Å². The van der Waals surface area contributed by atoms with E-state index in [2.05, 4.69) is 0 Å². The minimum absolute atomic E-state index is 0. The van der Waals surface area contributed by atoms with E-state index in [0.29, 0.717) is 0 Å². The van der Waals surface area contributed by atoms with Crippen LogP contribution in [-0.4, -0.2) is 16.4 Å². The second-order valence-corrected chi connectivity index (χ2v) is 0. The zero-order valence-electron chi connectivity index (χ0n) is 2.50. The molecule has 0 heterocycles. The van der Waals surface area contributed by atoms with Gasteiger partial charge in [-0.15, -0.1) is 0 Å². The molecular weight excluding hydrogens is 336 g/mol. The van der Waals surface area contributed by atoms with Crippen molar-refractivity contribution in [3.63, 3.8) is 0 Å². The molecule has 5 heavy (non-hydrogen) atoms. The summed E-state index contributed by atoms with van der Waals surface area (Å²) in [6.45, 7) is 0. The fourth-order valence-corrected chi connectivity index (χ4v) is 0. The molecule has 6 N–H and O–H groups in total. The average molecular weight is 343 g/mol. The molecule has 0 radical (unpaired) electrons. The standard InChI is InChI=1S/2Nd.3H2O/h;;3*1H2. The van der Waals surface area contributed by atoms with Gasteiger partial charge in [-0.05, 0) is 0 Å². The molecule has 0 atom stereocenters. The van der Waals surface area contributed by atoms with Crippen molar-refractivity contribution in [2.75, 3.05) is 0 Å². The van der Waals surface area contributed by atoms with Gasteiger partial charge in [-0.3, -0.25) is 0 Å². The van der Waals surface area contributed by atoms with Gasteiger partial charge in [0, 0.05) is 81.7 Å². The maximum absolute atomic E-state index is 0. The van der Waals surface area contributed by atoms with Crippen LogP contribution in [0.15, 0.2) is 0 Å². The fraction of sp³-hybridized carbons (Fsp3) is 0. The van der Waals surface area contributed by atoms with E-state index < -0.39 is 0 Å². The molecule has 0 saturated carbocycles. The van der Waals surface area contributed by atoms with Gasteiger partial charge in [0.2, 0.25) is 0 Å². The van der Waals surface area contributed by atoms with Gasteiger partial charge in [0.1, 0.15) is 0 Å². The van der Waals surface area contributed by atoms with Crippen LogP contribution in [0.2, 0.25) is 0 Å². The average Bonchev–Trinajstić information content (AvgIpc) is 0. The molecule has 0 saturated heterocycles. The zero-order chi connectivity index (χ0) is 0. The van der Waals surface area contributed by atoms with Gasteiger partial charge in [0.25, 0.3) is 0 Å².